The Balaban J connectivity index is 1.09. The van der Waals surface area contributed by atoms with Crippen LogP contribution in [0.5, 0.6) is 5.75 Å². The highest BCUT2D eigenvalue weighted by molar-refractivity contribution is 6.30. The van der Waals surface area contributed by atoms with Crippen molar-refractivity contribution in [3.8, 4) is 5.75 Å². The van der Waals surface area contributed by atoms with Crippen LogP contribution in [0.2, 0.25) is 5.02 Å². The SMILES string of the molecule is O=C(NCc1ccn2ccnc2c1)Nc1ccc(O[C@@H]2CCN(C(=O)c3ccc(Cl)cc3)C2)cc1. The van der Waals surface area contributed by atoms with Gasteiger partial charge in [0.1, 0.15) is 17.5 Å². The number of carbonyl (C=O) groups excluding carboxylic acids is 2. The third kappa shape index (κ3) is 5.55. The number of benzene rings is 2. The van der Waals surface area contributed by atoms with Gasteiger partial charge in [-0.2, -0.15) is 0 Å². The molecule has 1 aliphatic heterocycles. The number of nitrogens with one attached hydrogen (secondary N) is 2. The maximum absolute atomic E-state index is 12.7. The van der Waals surface area contributed by atoms with Gasteiger partial charge in [0.05, 0.1) is 6.54 Å². The fraction of sp³-hybridized carbons (Fsp3) is 0.192. The van der Waals surface area contributed by atoms with Crippen molar-refractivity contribution in [2.45, 2.75) is 19.1 Å². The summed E-state index contributed by atoms with van der Waals surface area (Å²) in [5, 5.41) is 6.27. The molecule has 8 nitrogen and oxygen atoms in total. The summed E-state index contributed by atoms with van der Waals surface area (Å²) in [6.07, 6.45) is 6.19. The van der Waals surface area contributed by atoms with E-state index in [1.165, 1.54) is 0 Å². The topological polar surface area (TPSA) is 88.0 Å². The van der Waals surface area contributed by atoms with Gasteiger partial charge in [-0.1, -0.05) is 11.6 Å². The molecule has 0 spiro atoms. The maximum atomic E-state index is 12.7. The highest BCUT2D eigenvalue weighted by atomic mass is 35.5. The van der Waals surface area contributed by atoms with Gasteiger partial charge >= 0.3 is 6.03 Å². The summed E-state index contributed by atoms with van der Waals surface area (Å²) < 4.78 is 7.96. The molecule has 0 aliphatic carbocycles. The van der Waals surface area contributed by atoms with E-state index >= 15 is 0 Å². The molecule has 2 aromatic carbocycles. The predicted octanol–water partition coefficient (Wildman–Crippen LogP) is 4.60. The van der Waals surface area contributed by atoms with Crippen LogP contribution in [-0.2, 0) is 6.54 Å². The van der Waals surface area contributed by atoms with E-state index in [-0.39, 0.29) is 18.0 Å². The van der Waals surface area contributed by atoms with E-state index in [0.29, 0.717) is 41.7 Å². The zero-order valence-electron chi connectivity index (χ0n) is 18.9. The Hall–Kier alpha value is -4.04. The van der Waals surface area contributed by atoms with Gasteiger partial charge < -0.3 is 24.7 Å². The third-order valence-electron chi connectivity index (χ3n) is 5.85. The molecule has 2 aromatic heterocycles. The minimum Gasteiger partial charge on any atom is -0.489 e. The fourth-order valence-electron chi connectivity index (χ4n) is 4.01. The molecule has 3 amide bonds. The van der Waals surface area contributed by atoms with Crippen LogP contribution < -0.4 is 15.4 Å². The van der Waals surface area contributed by atoms with E-state index in [4.69, 9.17) is 16.3 Å². The molecule has 1 aliphatic rings. The van der Waals surface area contributed by atoms with E-state index < -0.39 is 0 Å². The molecule has 0 bridgehead atoms. The van der Waals surface area contributed by atoms with Crippen molar-refractivity contribution in [1.82, 2.24) is 19.6 Å². The second-order valence-corrected chi connectivity index (χ2v) is 8.78. The molecule has 0 unspecified atom stereocenters. The monoisotopic (exact) mass is 489 g/mol. The van der Waals surface area contributed by atoms with Gasteiger partial charge in [-0.05, 0) is 66.2 Å². The Morgan fingerprint density at radius 3 is 2.66 bits per heavy atom. The number of urea groups is 1. The summed E-state index contributed by atoms with van der Waals surface area (Å²) >= 11 is 5.91. The lowest BCUT2D eigenvalue weighted by atomic mass is 10.2. The van der Waals surface area contributed by atoms with Crippen LogP contribution >= 0.6 is 11.6 Å². The summed E-state index contributed by atoms with van der Waals surface area (Å²) in [6, 6.07) is 17.7. The van der Waals surface area contributed by atoms with Crippen LogP contribution in [-0.4, -0.2) is 45.4 Å². The van der Waals surface area contributed by atoms with Crippen LogP contribution in [0.25, 0.3) is 5.65 Å². The Morgan fingerprint density at radius 2 is 1.86 bits per heavy atom. The number of amides is 3. The first-order valence-corrected chi connectivity index (χ1v) is 11.7. The zero-order chi connectivity index (χ0) is 24.2. The highest BCUT2D eigenvalue weighted by Gasteiger charge is 2.28. The van der Waals surface area contributed by atoms with Crippen molar-refractivity contribution in [1.29, 1.82) is 0 Å². The molecule has 1 atom stereocenters. The van der Waals surface area contributed by atoms with E-state index in [9.17, 15) is 9.59 Å². The van der Waals surface area contributed by atoms with Gasteiger partial charge in [0.25, 0.3) is 5.91 Å². The average Bonchev–Trinajstić information content (AvgIpc) is 3.53. The summed E-state index contributed by atoms with van der Waals surface area (Å²) in [6.45, 7) is 1.55. The quantitative estimate of drug-likeness (QED) is 0.414. The Kier molecular flexibility index (Phi) is 6.54. The number of halogens is 1. The lowest BCUT2D eigenvalue weighted by molar-refractivity contribution is 0.0772. The maximum Gasteiger partial charge on any atom is 0.319 e. The van der Waals surface area contributed by atoms with Crippen LogP contribution in [0.4, 0.5) is 10.5 Å². The van der Waals surface area contributed by atoms with Crippen molar-refractivity contribution < 1.29 is 14.3 Å². The van der Waals surface area contributed by atoms with E-state index in [1.54, 1.807) is 47.5 Å². The van der Waals surface area contributed by atoms with Crippen molar-refractivity contribution >= 4 is 34.9 Å². The number of carbonyl (C=O) groups is 2. The average molecular weight is 490 g/mol. The smallest absolute Gasteiger partial charge is 0.319 e. The number of aromatic nitrogens is 2. The van der Waals surface area contributed by atoms with Crippen LogP contribution in [0.3, 0.4) is 0 Å². The molecule has 1 saturated heterocycles. The minimum atomic E-state index is -0.297. The molecule has 4 aromatic rings. The number of likely N-dealkylation sites (tertiary alicyclic amines) is 1. The fourth-order valence-corrected chi connectivity index (χ4v) is 4.14. The van der Waals surface area contributed by atoms with E-state index in [1.807, 2.05) is 41.1 Å². The zero-order valence-corrected chi connectivity index (χ0v) is 19.6. The molecular weight excluding hydrogens is 466 g/mol. The minimum absolute atomic E-state index is 0.0250. The van der Waals surface area contributed by atoms with Gasteiger partial charge in [0, 0.05) is 54.4 Å². The van der Waals surface area contributed by atoms with Gasteiger partial charge in [0.2, 0.25) is 0 Å². The first kappa shape index (κ1) is 22.7. The molecule has 178 valence electrons. The lowest BCUT2D eigenvalue weighted by Gasteiger charge is -2.17. The normalized spacial score (nSPS) is 15.2. The largest absolute Gasteiger partial charge is 0.489 e. The van der Waals surface area contributed by atoms with Crippen LogP contribution in [0, 0.1) is 0 Å². The number of rotatable bonds is 6. The standard InChI is InChI=1S/C26H24ClN5O3/c27-20-3-1-19(2-4-20)25(33)32-13-10-23(17-32)35-22-7-5-21(6-8-22)30-26(34)29-16-18-9-12-31-14-11-28-24(31)15-18/h1-9,11-12,14-15,23H,10,13,16-17H2,(H2,29,30,34)/t23-/m1/s1. The van der Waals surface area contributed by atoms with Crippen molar-refractivity contribution in [3.63, 3.8) is 0 Å². The summed E-state index contributed by atoms with van der Waals surface area (Å²) in [7, 11) is 0. The number of hydrogen-bond donors (Lipinski definition) is 2. The second-order valence-electron chi connectivity index (χ2n) is 8.35. The van der Waals surface area contributed by atoms with Crippen LogP contribution in [0.15, 0.2) is 79.3 Å². The predicted molar refractivity (Wildman–Crippen MR) is 134 cm³/mol. The molecule has 35 heavy (non-hydrogen) atoms. The van der Waals surface area contributed by atoms with Gasteiger partial charge in [-0.25, -0.2) is 9.78 Å². The van der Waals surface area contributed by atoms with E-state index in [0.717, 1.165) is 17.6 Å². The van der Waals surface area contributed by atoms with Gasteiger partial charge in [-0.3, -0.25) is 4.79 Å². The molecule has 1 fully saturated rings. The van der Waals surface area contributed by atoms with Crippen molar-refractivity contribution in [2.24, 2.45) is 0 Å². The van der Waals surface area contributed by atoms with Crippen LogP contribution in [0.1, 0.15) is 22.3 Å². The summed E-state index contributed by atoms with van der Waals surface area (Å²) in [5.74, 6) is 0.665. The van der Waals surface area contributed by atoms with Gasteiger partial charge in [0.15, 0.2) is 0 Å². The summed E-state index contributed by atoms with van der Waals surface area (Å²) in [5.41, 5.74) is 3.07. The number of hydrogen-bond acceptors (Lipinski definition) is 4. The summed E-state index contributed by atoms with van der Waals surface area (Å²) in [4.78, 5) is 31.0. The van der Waals surface area contributed by atoms with E-state index in [2.05, 4.69) is 15.6 Å². The third-order valence-corrected chi connectivity index (χ3v) is 6.11. The molecule has 3 heterocycles. The van der Waals surface area contributed by atoms with Crippen molar-refractivity contribution in [2.75, 3.05) is 18.4 Å². The number of pyridine rings is 1. The van der Waals surface area contributed by atoms with Crippen molar-refractivity contribution in [3.05, 3.63) is 95.4 Å². The number of imidazole rings is 1. The highest BCUT2D eigenvalue weighted by Crippen LogP contribution is 2.22. The Labute approximate surface area is 207 Å². The first-order chi connectivity index (χ1) is 17.0. The Morgan fingerprint density at radius 1 is 1.06 bits per heavy atom. The molecular formula is C26H24ClN5O3. The second kappa shape index (κ2) is 10.1. The molecule has 2 N–H and O–H groups in total. The first-order valence-electron chi connectivity index (χ1n) is 11.3. The molecule has 9 heteroatoms. The Bertz CT molecular complexity index is 1340. The number of ether oxygens (including phenoxy) is 1. The van der Waals surface area contributed by atoms with Gasteiger partial charge in [-0.15, -0.1) is 0 Å². The number of fused-ring (bicyclic) bond motifs is 1. The molecule has 5 rings (SSSR count). The molecule has 0 saturated carbocycles. The number of anilines is 1. The molecule has 0 radical (unpaired) electrons. The number of nitrogens with zero attached hydrogens (tertiary/aromatic N) is 3. The lowest BCUT2D eigenvalue weighted by Crippen LogP contribution is -2.30.